The number of rotatable bonds is 6. The molecule has 0 heterocycles. The highest BCUT2D eigenvalue weighted by Gasteiger charge is 2.24. The first-order valence-electron chi connectivity index (χ1n) is 6.02. The Morgan fingerprint density at radius 2 is 2.05 bits per heavy atom. The second-order valence-electron chi connectivity index (χ2n) is 4.87. The summed E-state index contributed by atoms with van der Waals surface area (Å²) in [5, 5.41) is 0. The number of nitrogens with two attached hydrogens (primary N) is 1. The van der Waals surface area contributed by atoms with Crippen molar-refractivity contribution < 1.29 is 12.8 Å². The molecule has 0 aliphatic carbocycles. The largest absolute Gasteiger partial charge is 0.326 e. The third kappa shape index (κ3) is 4.49. The van der Waals surface area contributed by atoms with E-state index in [1.807, 2.05) is 19.0 Å². The Hall–Kier alpha value is -0.540. The van der Waals surface area contributed by atoms with Crippen molar-refractivity contribution in [2.75, 3.05) is 20.6 Å². The topological polar surface area (TPSA) is 75.4 Å². The Balaban J connectivity index is 3.13. The average Bonchev–Trinajstić information content (AvgIpc) is 2.29. The number of halogens is 2. The van der Waals surface area contributed by atoms with Gasteiger partial charge in [-0.1, -0.05) is 15.9 Å². The van der Waals surface area contributed by atoms with Gasteiger partial charge in [0.05, 0.1) is 0 Å². The van der Waals surface area contributed by atoms with Crippen LogP contribution in [0.5, 0.6) is 0 Å². The maximum absolute atomic E-state index is 14.1. The third-order valence-corrected chi connectivity index (χ3v) is 4.63. The predicted molar refractivity (Wildman–Crippen MR) is 80.3 cm³/mol. The minimum absolute atomic E-state index is 0.0684. The smallest absolute Gasteiger partial charge is 0.243 e. The fraction of sp³-hybridized carbons (Fsp3) is 0.500. The zero-order valence-electron chi connectivity index (χ0n) is 11.7. The summed E-state index contributed by atoms with van der Waals surface area (Å²) in [7, 11) is -0.267. The summed E-state index contributed by atoms with van der Waals surface area (Å²) >= 11 is 3.16. The Bertz CT molecular complexity index is 578. The van der Waals surface area contributed by atoms with Crippen LogP contribution in [-0.4, -0.2) is 40.0 Å². The van der Waals surface area contributed by atoms with Crippen molar-refractivity contribution in [1.29, 1.82) is 0 Å². The molecule has 1 aromatic carbocycles. The van der Waals surface area contributed by atoms with Crippen LogP contribution < -0.4 is 10.5 Å². The maximum atomic E-state index is 14.1. The minimum Gasteiger partial charge on any atom is -0.326 e. The summed E-state index contributed by atoms with van der Waals surface area (Å²) < 4.78 is 41.5. The second-order valence-corrected chi connectivity index (χ2v) is 7.46. The Labute approximate surface area is 127 Å². The molecule has 0 aliphatic rings. The Morgan fingerprint density at radius 3 is 2.55 bits per heavy atom. The van der Waals surface area contributed by atoms with Gasteiger partial charge in [0.2, 0.25) is 10.0 Å². The lowest BCUT2D eigenvalue weighted by Crippen LogP contribution is -2.39. The minimum atomic E-state index is -3.93. The molecule has 114 valence electrons. The van der Waals surface area contributed by atoms with Gasteiger partial charge in [0.25, 0.3) is 0 Å². The predicted octanol–water partition coefficient (Wildman–Crippen LogP) is 1.28. The van der Waals surface area contributed by atoms with Crippen molar-refractivity contribution in [3.63, 3.8) is 0 Å². The maximum Gasteiger partial charge on any atom is 0.243 e. The van der Waals surface area contributed by atoms with E-state index in [9.17, 15) is 12.8 Å². The molecule has 0 aliphatic heterocycles. The molecule has 8 heteroatoms. The summed E-state index contributed by atoms with van der Waals surface area (Å²) in [6.45, 7) is 2.16. The van der Waals surface area contributed by atoms with E-state index in [0.29, 0.717) is 11.0 Å². The van der Waals surface area contributed by atoms with Crippen LogP contribution in [0.25, 0.3) is 0 Å². The van der Waals surface area contributed by atoms with Crippen LogP contribution in [0.4, 0.5) is 4.39 Å². The van der Waals surface area contributed by atoms with E-state index in [1.54, 1.807) is 6.92 Å². The standard InChI is InChI=1S/C12H19BrFN3O2S/c1-8(7-17(2)3)16-20(18,19)11-5-10(13)4-9(6-15)12(11)14/h4-5,8,16H,6-7,15H2,1-3H3. The molecular formula is C12H19BrFN3O2S. The van der Waals surface area contributed by atoms with Gasteiger partial charge in [0, 0.05) is 29.2 Å². The van der Waals surface area contributed by atoms with E-state index in [4.69, 9.17) is 5.73 Å². The van der Waals surface area contributed by atoms with Crippen molar-refractivity contribution in [1.82, 2.24) is 9.62 Å². The zero-order valence-corrected chi connectivity index (χ0v) is 14.1. The number of likely N-dealkylation sites (N-methyl/N-ethyl adjacent to an activating group) is 1. The summed E-state index contributed by atoms with van der Waals surface area (Å²) in [6, 6.07) is 2.37. The summed E-state index contributed by atoms with van der Waals surface area (Å²) in [4.78, 5) is 1.45. The van der Waals surface area contributed by atoms with Gasteiger partial charge in [-0.3, -0.25) is 0 Å². The first kappa shape index (κ1) is 17.5. The van der Waals surface area contributed by atoms with Crippen molar-refractivity contribution in [3.8, 4) is 0 Å². The third-order valence-electron chi connectivity index (χ3n) is 2.58. The summed E-state index contributed by atoms with van der Waals surface area (Å²) in [6.07, 6.45) is 0. The van der Waals surface area contributed by atoms with Crippen molar-refractivity contribution in [3.05, 3.63) is 28.0 Å². The lowest BCUT2D eigenvalue weighted by atomic mass is 10.2. The number of benzene rings is 1. The molecule has 0 saturated carbocycles. The van der Waals surface area contributed by atoms with Crippen LogP contribution in [0, 0.1) is 5.82 Å². The van der Waals surface area contributed by atoms with Gasteiger partial charge in [0.15, 0.2) is 0 Å². The van der Waals surface area contributed by atoms with Gasteiger partial charge in [-0.2, -0.15) is 0 Å². The highest BCUT2D eigenvalue weighted by molar-refractivity contribution is 9.10. The Morgan fingerprint density at radius 1 is 1.45 bits per heavy atom. The van der Waals surface area contributed by atoms with Gasteiger partial charge < -0.3 is 10.6 Å². The van der Waals surface area contributed by atoms with Gasteiger partial charge in [-0.05, 0) is 33.2 Å². The normalized spacial score (nSPS) is 13.8. The molecular weight excluding hydrogens is 349 g/mol. The van der Waals surface area contributed by atoms with E-state index in [0.717, 1.165) is 0 Å². The van der Waals surface area contributed by atoms with E-state index in [2.05, 4.69) is 20.7 Å². The molecule has 0 radical (unpaired) electrons. The van der Waals surface area contributed by atoms with Crippen molar-refractivity contribution >= 4 is 26.0 Å². The number of nitrogens with one attached hydrogen (secondary N) is 1. The molecule has 1 rings (SSSR count). The van der Waals surface area contributed by atoms with Crippen LogP contribution in [0.2, 0.25) is 0 Å². The number of sulfonamides is 1. The summed E-state index contributed by atoms with van der Waals surface area (Å²) in [5.74, 6) is -0.805. The highest BCUT2D eigenvalue weighted by Crippen LogP contribution is 2.24. The quantitative estimate of drug-likeness (QED) is 0.793. The first-order valence-corrected chi connectivity index (χ1v) is 8.30. The van der Waals surface area contributed by atoms with Gasteiger partial charge in [-0.15, -0.1) is 0 Å². The van der Waals surface area contributed by atoms with Crippen LogP contribution in [-0.2, 0) is 16.6 Å². The molecule has 0 spiro atoms. The Kier molecular flexibility index (Phi) is 6.08. The molecule has 0 bridgehead atoms. The molecule has 20 heavy (non-hydrogen) atoms. The van der Waals surface area contributed by atoms with Crippen LogP contribution in [0.1, 0.15) is 12.5 Å². The fourth-order valence-corrected chi connectivity index (χ4v) is 3.91. The molecule has 1 aromatic rings. The van der Waals surface area contributed by atoms with E-state index in [-0.39, 0.29) is 18.2 Å². The number of hydrogen-bond acceptors (Lipinski definition) is 4. The molecule has 3 N–H and O–H groups in total. The number of nitrogens with zero attached hydrogens (tertiary/aromatic N) is 1. The van der Waals surface area contributed by atoms with E-state index in [1.165, 1.54) is 12.1 Å². The van der Waals surface area contributed by atoms with Crippen LogP contribution in [0.15, 0.2) is 21.5 Å². The monoisotopic (exact) mass is 367 g/mol. The highest BCUT2D eigenvalue weighted by atomic mass is 79.9. The van der Waals surface area contributed by atoms with Crippen molar-refractivity contribution in [2.45, 2.75) is 24.4 Å². The van der Waals surface area contributed by atoms with E-state index < -0.39 is 20.7 Å². The molecule has 0 aromatic heterocycles. The van der Waals surface area contributed by atoms with Crippen molar-refractivity contribution in [2.24, 2.45) is 5.73 Å². The first-order chi connectivity index (χ1) is 9.17. The average molecular weight is 368 g/mol. The molecule has 0 fully saturated rings. The summed E-state index contributed by atoms with van der Waals surface area (Å²) in [5.41, 5.74) is 5.57. The van der Waals surface area contributed by atoms with Gasteiger partial charge in [0.1, 0.15) is 10.7 Å². The molecule has 1 unspecified atom stereocenters. The molecule has 1 atom stereocenters. The lowest BCUT2D eigenvalue weighted by molar-refractivity contribution is 0.370. The lowest BCUT2D eigenvalue weighted by Gasteiger charge is -2.19. The molecule has 0 saturated heterocycles. The van der Waals surface area contributed by atoms with Crippen LogP contribution >= 0.6 is 15.9 Å². The molecule has 0 amide bonds. The fourth-order valence-electron chi connectivity index (χ4n) is 1.88. The second kappa shape index (κ2) is 6.95. The van der Waals surface area contributed by atoms with Gasteiger partial charge in [-0.25, -0.2) is 17.5 Å². The molecule has 5 nitrogen and oxygen atoms in total. The van der Waals surface area contributed by atoms with Gasteiger partial charge >= 0.3 is 0 Å². The number of hydrogen-bond donors (Lipinski definition) is 2. The SMILES string of the molecule is CC(CN(C)C)NS(=O)(=O)c1cc(Br)cc(CN)c1F. The zero-order chi connectivity index (χ0) is 15.5. The van der Waals surface area contributed by atoms with E-state index >= 15 is 0 Å². The van der Waals surface area contributed by atoms with Crippen LogP contribution in [0.3, 0.4) is 0 Å².